The summed E-state index contributed by atoms with van der Waals surface area (Å²) in [6.45, 7) is 11.6. The van der Waals surface area contributed by atoms with Crippen molar-refractivity contribution in [1.29, 1.82) is 0 Å². The molecule has 2 aliphatic rings. The van der Waals surface area contributed by atoms with Gasteiger partial charge >= 0.3 is 0 Å². The summed E-state index contributed by atoms with van der Waals surface area (Å²) in [5, 5.41) is 3.66. The van der Waals surface area contributed by atoms with Gasteiger partial charge in [-0.3, -0.25) is 0 Å². The van der Waals surface area contributed by atoms with E-state index in [0.717, 1.165) is 25.0 Å². The number of piperidine rings is 2. The van der Waals surface area contributed by atoms with Gasteiger partial charge in [0.1, 0.15) is 0 Å². The van der Waals surface area contributed by atoms with Crippen LogP contribution < -0.4 is 5.32 Å². The SMILES string of the molecule is COCC1(C)CC(C2CCN(C(C)C)CC2)CCN1. The molecule has 0 radical (unpaired) electrons. The molecule has 3 nitrogen and oxygen atoms in total. The summed E-state index contributed by atoms with van der Waals surface area (Å²) in [5.74, 6) is 1.84. The Morgan fingerprint density at radius 2 is 1.89 bits per heavy atom. The van der Waals surface area contributed by atoms with Crippen molar-refractivity contribution >= 4 is 0 Å². The van der Waals surface area contributed by atoms with Gasteiger partial charge < -0.3 is 15.0 Å². The van der Waals surface area contributed by atoms with Crippen LogP contribution >= 0.6 is 0 Å². The predicted molar refractivity (Wildman–Crippen MR) is 80.4 cm³/mol. The van der Waals surface area contributed by atoms with Gasteiger partial charge in [-0.2, -0.15) is 0 Å². The predicted octanol–water partition coefficient (Wildman–Crippen LogP) is 2.51. The van der Waals surface area contributed by atoms with Crippen LogP contribution in [-0.2, 0) is 4.74 Å². The molecule has 0 amide bonds. The maximum absolute atomic E-state index is 5.40. The highest BCUT2D eigenvalue weighted by atomic mass is 16.5. The molecule has 3 heteroatoms. The Balaban J connectivity index is 1.85. The highest BCUT2D eigenvalue weighted by molar-refractivity contribution is 4.93. The second-order valence-corrected chi connectivity index (χ2v) is 7.14. The van der Waals surface area contributed by atoms with Crippen molar-refractivity contribution in [2.24, 2.45) is 11.8 Å². The summed E-state index contributed by atoms with van der Waals surface area (Å²) in [6, 6.07) is 0.715. The summed E-state index contributed by atoms with van der Waals surface area (Å²) in [5.41, 5.74) is 0.201. The fraction of sp³-hybridized carbons (Fsp3) is 1.00. The lowest BCUT2D eigenvalue weighted by Crippen LogP contribution is -2.53. The molecule has 2 aliphatic heterocycles. The van der Waals surface area contributed by atoms with Gasteiger partial charge in [0, 0.05) is 18.7 Å². The highest BCUT2D eigenvalue weighted by Crippen LogP contribution is 2.35. The van der Waals surface area contributed by atoms with E-state index in [4.69, 9.17) is 4.74 Å². The van der Waals surface area contributed by atoms with Crippen LogP contribution in [0.1, 0.15) is 46.5 Å². The van der Waals surface area contributed by atoms with E-state index < -0.39 is 0 Å². The van der Waals surface area contributed by atoms with Crippen molar-refractivity contribution in [3.8, 4) is 0 Å². The third-order valence-electron chi connectivity index (χ3n) is 5.21. The Labute approximate surface area is 119 Å². The van der Waals surface area contributed by atoms with E-state index in [9.17, 15) is 0 Å². The van der Waals surface area contributed by atoms with Gasteiger partial charge in [-0.1, -0.05) is 0 Å². The Bertz CT molecular complexity index is 270. The average Bonchev–Trinajstić information content (AvgIpc) is 2.39. The van der Waals surface area contributed by atoms with Gasteiger partial charge in [-0.05, 0) is 77.9 Å². The van der Waals surface area contributed by atoms with Gasteiger partial charge in [0.05, 0.1) is 6.61 Å². The molecule has 2 heterocycles. The normalized spacial score (nSPS) is 34.9. The molecule has 2 saturated heterocycles. The number of likely N-dealkylation sites (tertiary alicyclic amines) is 1. The molecule has 2 rings (SSSR count). The molecule has 2 fully saturated rings. The molecule has 2 unspecified atom stereocenters. The first-order valence-corrected chi connectivity index (χ1v) is 8.02. The maximum Gasteiger partial charge on any atom is 0.0641 e. The zero-order valence-electron chi connectivity index (χ0n) is 13.2. The molecule has 0 aromatic heterocycles. The molecule has 0 spiro atoms. The Hall–Kier alpha value is -0.120. The monoisotopic (exact) mass is 268 g/mol. The Morgan fingerprint density at radius 1 is 1.21 bits per heavy atom. The lowest BCUT2D eigenvalue weighted by Gasteiger charge is -2.44. The van der Waals surface area contributed by atoms with Crippen molar-refractivity contribution in [1.82, 2.24) is 10.2 Å². The van der Waals surface area contributed by atoms with Crippen LogP contribution in [0.5, 0.6) is 0 Å². The summed E-state index contributed by atoms with van der Waals surface area (Å²) < 4.78 is 5.40. The molecule has 0 aliphatic carbocycles. The van der Waals surface area contributed by atoms with Crippen LogP contribution in [0.2, 0.25) is 0 Å². The molecule has 1 N–H and O–H groups in total. The number of rotatable bonds is 4. The largest absolute Gasteiger partial charge is 0.383 e. The highest BCUT2D eigenvalue weighted by Gasteiger charge is 2.36. The first-order chi connectivity index (χ1) is 9.04. The zero-order valence-corrected chi connectivity index (χ0v) is 13.2. The fourth-order valence-electron chi connectivity index (χ4n) is 4.05. The van der Waals surface area contributed by atoms with Crippen LogP contribution in [0.4, 0.5) is 0 Å². The van der Waals surface area contributed by atoms with Crippen molar-refractivity contribution < 1.29 is 4.74 Å². The van der Waals surface area contributed by atoms with Crippen LogP contribution in [0.15, 0.2) is 0 Å². The summed E-state index contributed by atoms with van der Waals surface area (Å²) >= 11 is 0. The topological polar surface area (TPSA) is 24.5 Å². The number of hydrogen-bond acceptors (Lipinski definition) is 3. The number of ether oxygens (including phenoxy) is 1. The lowest BCUT2D eigenvalue weighted by atomic mass is 9.73. The quantitative estimate of drug-likeness (QED) is 0.848. The number of methoxy groups -OCH3 is 1. The maximum atomic E-state index is 5.40. The van der Waals surface area contributed by atoms with E-state index >= 15 is 0 Å². The van der Waals surface area contributed by atoms with Crippen LogP contribution in [0, 0.1) is 11.8 Å². The summed E-state index contributed by atoms with van der Waals surface area (Å²) in [7, 11) is 1.82. The molecule has 112 valence electrons. The van der Waals surface area contributed by atoms with Gasteiger partial charge in [-0.15, -0.1) is 0 Å². The molecule has 0 aromatic rings. The summed E-state index contributed by atoms with van der Waals surface area (Å²) in [6.07, 6.45) is 5.43. The minimum atomic E-state index is 0.201. The van der Waals surface area contributed by atoms with E-state index in [2.05, 4.69) is 31.0 Å². The molecular formula is C16H32N2O. The van der Waals surface area contributed by atoms with Crippen LogP contribution in [0.3, 0.4) is 0 Å². The van der Waals surface area contributed by atoms with Crippen molar-refractivity contribution in [3.05, 3.63) is 0 Å². The Morgan fingerprint density at radius 3 is 2.47 bits per heavy atom. The van der Waals surface area contributed by atoms with E-state index in [0.29, 0.717) is 6.04 Å². The van der Waals surface area contributed by atoms with Gasteiger partial charge in [0.15, 0.2) is 0 Å². The van der Waals surface area contributed by atoms with E-state index in [1.807, 2.05) is 7.11 Å². The van der Waals surface area contributed by atoms with Gasteiger partial charge in [0.2, 0.25) is 0 Å². The van der Waals surface area contributed by atoms with Crippen LogP contribution in [0.25, 0.3) is 0 Å². The van der Waals surface area contributed by atoms with Gasteiger partial charge in [0.25, 0.3) is 0 Å². The van der Waals surface area contributed by atoms with Gasteiger partial charge in [-0.25, -0.2) is 0 Å². The third-order valence-corrected chi connectivity index (χ3v) is 5.21. The van der Waals surface area contributed by atoms with E-state index in [1.54, 1.807) is 0 Å². The molecule has 0 saturated carbocycles. The van der Waals surface area contributed by atoms with Crippen molar-refractivity contribution in [2.75, 3.05) is 33.4 Å². The van der Waals surface area contributed by atoms with Crippen molar-refractivity contribution in [2.45, 2.75) is 58.0 Å². The minimum absolute atomic E-state index is 0.201. The first kappa shape index (κ1) is 15.3. The van der Waals surface area contributed by atoms with Crippen LogP contribution in [-0.4, -0.2) is 49.8 Å². The Kier molecular flexibility index (Phi) is 5.27. The fourth-order valence-corrected chi connectivity index (χ4v) is 4.05. The van der Waals surface area contributed by atoms with E-state index in [-0.39, 0.29) is 5.54 Å². The second kappa shape index (κ2) is 6.55. The third kappa shape index (κ3) is 3.93. The van der Waals surface area contributed by atoms with Crippen molar-refractivity contribution in [3.63, 3.8) is 0 Å². The minimum Gasteiger partial charge on any atom is -0.383 e. The lowest BCUT2D eigenvalue weighted by molar-refractivity contribution is 0.0477. The molecule has 19 heavy (non-hydrogen) atoms. The zero-order chi connectivity index (χ0) is 13.9. The molecular weight excluding hydrogens is 236 g/mol. The molecule has 2 atom stereocenters. The number of hydrogen-bond donors (Lipinski definition) is 1. The molecule has 0 aromatic carbocycles. The standard InChI is InChI=1S/C16H32N2O/c1-13(2)18-9-6-14(7-10-18)15-5-8-17-16(3,11-15)12-19-4/h13-15,17H,5-12H2,1-4H3. The summed E-state index contributed by atoms with van der Waals surface area (Å²) in [4.78, 5) is 2.63. The molecule has 0 bridgehead atoms. The van der Waals surface area contributed by atoms with E-state index in [1.165, 1.54) is 38.8 Å². The smallest absolute Gasteiger partial charge is 0.0641 e. The first-order valence-electron chi connectivity index (χ1n) is 8.02. The average molecular weight is 268 g/mol. The number of nitrogens with one attached hydrogen (secondary N) is 1. The number of nitrogens with zero attached hydrogens (tertiary/aromatic N) is 1. The second-order valence-electron chi connectivity index (χ2n) is 7.14.